The average molecular weight is 394 g/mol. The summed E-state index contributed by atoms with van der Waals surface area (Å²) in [6.45, 7) is 0. The van der Waals surface area contributed by atoms with Crippen molar-refractivity contribution in [2.45, 2.75) is 0 Å². The molecule has 23 heavy (non-hydrogen) atoms. The Labute approximate surface area is 148 Å². The van der Waals surface area contributed by atoms with Crippen LogP contribution >= 0.6 is 28.1 Å². The van der Waals surface area contributed by atoms with E-state index in [1.807, 2.05) is 36.4 Å². The Morgan fingerprint density at radius 3 is 2.48 bits per heavy atom. The molecule has 2 N–H and O–H groups in total. The Morgan fingerprint density at radius 1 is 1.13 bits per heavy atom. The summed E-state index contributed by atoms with van der Waals surface area (Å²) in [7, 11) is 3.19. The lowest BCUT2D eigenvalue weighted by atomic mass is 10.2. The first-order chi connectivity index (χ1) is 11.1. The second-order valence-corrected chi connectivity index (χ2v) is 5.68. The Hall–Kier alpha value is -2.12. The van der Waals surface area contributed by atoms with E-state index in [4.69, 9.17) is 21.7 Å². The van der Waals surface area contributed by atoms with E-state index in [-0.39, 0.29) is 0 Å². The molecule has 0 aliphatic rings. The lowest BCUT2D eigenvalue weighted by molar-refractivity contribution is 0.392. The van der Waals surface area contributed by atoms with Crippen molar-refractivity contribution in [2.24, 2.45) is 5.10 Å². The number of hydrogen-bond donors (Lipinski definition) is 2. The van der Waals surface area contributed by atoms with Gasteiger partial charge in [0.2, 0.25) is 0 Å². The standard InChI is InChI=1S/C16H16BrN3O2S/c1-21-14-9-15(22-2)13(17)8-11(14)10-18-20-16(23)19-12-6-4-3-5-7-12/h3-10H,1-2H3,(H2,19,20,23)/b18-10-. The maximum absolute atomic E-state index is 5.33. The zero-order chi connectivity index (χ0) is 16.7. The molecule has 7 heteroatoms. The van der Waals surface area contributed by atoms with Crippen molar-refractivity contribution in [1.29, 1.82) is 0 Å². The molecule has 0 saturated carbocycles. The van der Waals surface area contributed by atoms with Crippen LogP contribution in [0, 0.1) is 0 Å². The molecule has 2 aromatic carbocycles. The molecule has 0 saturated heterocycles. The van der Waals surface area contributed by atoms with Gasteiger partial charge in [-0.3, -0.25) is 5.43 Å². The fourth-order valence-electron chi connectivity index (χ4n) is 1.83. The third-order valence-electron chi connectivity index (χ3n) is 2.91. The lowest BCUT2D eigenvalue weighted by Gasteiger charge is -2.10. The number of benzene rings is 2. The highest BCUT2D eigenvalue weighted by Gasteiger charge is 2.08. The predicted octanol–water partition coefficient (Wildman–Crippen LogP) is 3.79. The van der Waals surface area contributed by atoms with Crippen molar-refractivity contribution < 1.29 is 9.47 Å². The van der Waals surface area contributed by atoms with Crippen LogP contribution in [-0.2, 0) is 0 Å². The molecule has 0 atom stereocenters. The first-order valence-electron chi connectivity index (χ1n) is 6.70. The maximum Gasteiger partial charge on any atom is 0.191 e. The quantitative estimate of drug-likeness (QED) is 0.459. The van der Waals surface area contributed by atoms with E-state index in [0.717, 1.165) is 15.7 Å². The van der Waals surface area contributed by atoms with Crippen molar-refractivity contribution in [3.63, 3.8) is 0 Å². The van der Waals surface area contributed by atoms with Gasteiger partial charge in [-0.1, -0.05) is 18.2 Å². The molecule has 0 radical (unpaired) electrons. The van der Waals surface area contributed by atoms with Gasteiger partial charge < -0.3 is 14.8 Å². The summed E-state index contributed by atoms with van der Waals surface area (Å²) >= 11 is 8.62. The minimum absolute atomic E-state index is 0.402. The third-order valence-corrected chi connectivity index (χ3v) is 3.72. The average Bonchev–Trinajstić information content (AvgIpc) is 2.56. The number of nitrogens with zero attached hydrogens (tertiary/aromatic N) is 1. The predicted molar refractivity (Wildman–Crippen MR) is 101 cm³/mol. The van der Waals surface area contributed by atoms with E-state index in [9.17, 15) is 0 Å². The van der Waals surface area contributed by atoms with Gasteiger partial charge in [-0.25, -0.2) is 0 Å². The van der Waals surface area contributed by atoms with Gasteiger partial charge in [0.1, 0.15) is 11.5 Å². The fourth-order valence-corrected chi connectivity index (χ4v) is 2.52. The van der Waals surface area contributed by atoms with E-state index in [2.05, 4.69) is 31.8 Å². The van der Waals surface area contributed by atoms with Gasteiger partial charge >= 0.3 is 0 Å². The van der Waals surface area contributed by atoms with E-state index >= 15 is 0 Å². The molecule has 0 spiro atoms. The summed E-state index contributed by atoms with van der Waals surface area (Å²) in [5, 5.41) is 7.56. The van der Waals surface area contributed by atoms with Gasteiger partial charge in [-0.15, -0.1) is 0 Å². The number of hydrazone groups is 1. The number of hydrogen-bond acceptors (Lipinski definition) is 4. The topological polar surface area (TPSA) is 54.9 Å². The second-order valence-electron chi connectivity index (χ2n) is 4.42. The lowest BCUT2D eigenvalue weighted by Crippen LogP contribution is -2.23. The number of thiocarbonyl (C=S) groups is 1. The highest BCUT2D eigenvalue weighted by atomic mass is 79.9. The van der Waals surface area contributed by atoms with Crippen LogP contribution in [-0.4, -0.2) is 25.5 Å². The summed E-state index contributed by atoms with van der Waals surface area (Å²) < 4.78 is 11.4. The van der Waals surface area contributed by atoms with Crippen LogP contribution in [0.2, 0.25) is 0 Å². The van der Waals surface area contributed by atoms with Crippen molar-refractivity contribution in [1.82, 2.24) is 5.43 Å². The van der Waals surface area contributed by atoms with Gasteiger partial charge in [0.05, 0.1) is 24.9 Å². The summed E-state index contributed by atoms with van der Waals surface area (Å²) in [5.41, 5.74) is 4.45. The molecule has 0 heterocycles. The molecular formula is C16H16BrN3O2S. The number of rotatable bonds is 5. The molecule has 0 aliphatic carbocycles. The van der Waals surface area contributed by atoms with Crippen LogP contribution in [0.4, 0.5) is 5.69 Å². The molecule has 0 amide bonds. The molecule has 2 rings (SSSR count). The van der Waals surface area contributed by atoms with Crippen LogP contribution in [0.15, 0.2) is 52.0 Å². The molecule has 2 aromatic rings. The minimum Gasteiger partial charge on any atom is -0.496 e. The van der Waals surface area contributed by atoms with E-state index in [0.29, 0.717) is 16.6 Å². The Balaban J connectivity index is 2.02. The zero-order valence-corrected chi connectivity index (χ0v) is 15.1. The van der Waals surface area contributed by atoms with Gasteiger partial charge in [-0.05, 0) is 46.3 Å². The highest BCUT2D eigenvalue weighted by Crippen LogP contribution is 2.31. The number of nitrogens with one attached hydrogen (secondary N) is 2. The minimum atomic E-state index is 0.402. The summed E-state index contributed by atoms with van der Waals surface area (Å²) in [4.78, 5) is 0. The Bertz CT molecular complexity index is 708. The fraction of sp³-hybridized carbons (Fsp3) is 0.125. The molecule has 5 nitrogen and oxygen atoms in total. The van der Waals surface area contributed by atoms with Crippen molar-refractivity contribution in [3.8, 4) is 11.5 Å². The molecule has 120 valence electrons. The van der Waals surface area contributed by atoms with Gasteiger partial charge in [-0.2, -0.15) is 5.10 Å². The molecule has 0 fully saturated rings. The maximum atomic E-state index is 5.33. The molecular weight excluding hydrogens is 378 g/mol. The largest absolute Gasteiger partial charge is 0.496 e. The van der Waals surface area contributed by atoms with Crippen molar-refractivity contribution in [2.75, 3.05) is 19.5 Å². The van der Waals surface area contributed by atoms with Gasteiger partial charge in [0, 0.05) is 17.3 Å². The number of para-hydroxylation sites is 1. The number of anilines is 1. The molecule has 0 bridgehead atoms. The van der Waals surface area contributed by atoms with Crippen LogP contribution < -0.4 is 20.2 Å². The molecule has 0 aromatic heterocycles. The van der Waals surface area contributed by atoms with Crippen LogP contribution in [0.25, 0.3) is 0 Å². The smallest absolute Gasteiger partial charge is 0.191 e. The number of methoxy groups -OCH3 is 2. The number of halogens is 1. The third kappa shape index (κ3) is 4.94. The van der Waals surface area contributed by atoms with E-state index in [1.165, 1.54) is 0 Å². The monoisotopic (exact) mass is 393 g/mol. The van der Waals surface area contributed by atoms with Crippen molar-refractivity contribution in [3.05, 3.63) is 52.5 Å². The van der Waals surface area contributed by atoms with Crippen molar-refractivity contribution >= 4 is 45.2 Å². The Morgan fingerprint density at radius 2 is 1.83 bits per heavy atom. The van der Waals surface area contributed by atoms with Gasteiger partial charge in [0.25, 0.3) is 0 Å². The second kappa shape index (κ2) is 8.50. The summed E-state index contributed by atoms with van der Waals surface area (Å²) in [5.74, 6) is 1.34. The van der Waals surface area contributed by atoms with Crippen LogP contribution in [0.1, 0.15) is 5.56 Å². The highest BCUT2D eigenvalue weighted by molar-refractivity contribution is 9.10. The first kappa shape index (κ1) is 17.2. The summed E-state index contributed by atoms with van der Waals surface area (Å²) in [6, 6.07) is 13.3. The molecule has 0 unspecified atom stereocenters. The van der Waals surface area contributed by atoms with Crippen LogP contribution in [0.3, 0.4) is 0 Å². The normalized spacial score (nSPS) is 10.4. The zero-order valence-electron chi connectivity index (χ0n) is 12.7. The van der Waals surface area contributed by atoms with E-state index in [1.54, 1.807) is 26.5 Å². The Kier molecular flexibility index (Phi) is 6.37. The molecule has 0 aliphatic heterocycles. The van der Waals surface area contributed by atoms with Gasteiger partial charge in [0.15, 0.2) is 5.11 Å². The first-order valence-corrected chi connectivity index (χ1v) is 7.90. The van der Waals surface area contributed by atoms with E-state index < -0.39 is 0 Å². The summed E-state index contributed by atoms with van der Waals surface area (Å²) in [6.07, 6.45) is 1.63. The number of ether oxygens (including phenoxy) is 2. The van der Waals surface area contributed by atoms with Crippen LogP contribution in [0.5, 0.6) is 11.5 Å². The SMILES string of the molecule is COc1cc(OC)c(/C=N\NC(=S)Nc2ccccc2)cc1Br.